The molecule has 0 saturated carbocycles. The smallest absolute Gasteiger partial charge is 0.269 e. The monoisotopic (exact) mass is 505 g/mol. The first-order valence-corrected chi connectivity index (χ1v) is 12.4. The van der Waals surface area contributed by atoms with Gasteiger partial charge in [0, 0.05) is 30.6 Å². The Morgan fingerprint density at radius 2 is 1.69 bits per heavy atom. The Morgan fingerprint density at radius 1 is 1.06 bits per heavy atom. The Kier molecular flexibility index (Phi) is 6.69. The predicted molar refractivity (Wildman–Crippen MR) is 139 cm³/mol. The number of ether oxygens (including phenoxy) is 1. The van der Waals surface area contributed by atoms with Gasteiger partial charge in [0.25, 0.3) is 5.91 Å². The van der Waals surface area contributed by atoms with Crippen molar-refractivity contribution in [2.75, 3.05) is 25.0 Å². The quantitative estimate of drug-likeness (QED) is 0.471. The maximum atomic E-state index is 12.5. The molecule has 0 aliphatic carbocycles. The highest BCUT2D eigenvalue weighted by atomic mass is 35.5. The Bertz CT molecular complexity index is 1280. The van der Waals surface area contributed by atoms with Crippen molar-refractivity contribution in [3.63, 3.8) is 0 Å². The second kappa shape index (κ2) is 10.1. The molecule has 3 aromatic rings. The van der Waals surface area contributed by atoms with Crippen molar-refractivity contribution in [2.24, 2.45) is 11.7 Å². The van der Waals surface area contributed by atoms with Crippen LogP contribution in [0.15, 0.2) is 61.2 Å². The summed E-state index contributed by atoms with van der Waals surface area (Å²) < 4.78 is 7.51. The number of amides is 2. The Morgan fingerprint density at radius 3 is 2.31 bits per heavy atom. The van der Waals surface area contributed by atoms with E-state index < -0.39 is 5.91 Å². The van der Waals surface area contributed by atoms with Gasteiger partial charge in [0.1, 0.15) is 11.5 Å². The molecular formula is C27H28ClN5O3. The number of rotatable bonds is 6. The van der Waals surface area contributed by atoms with Gasteiger partial charge in [-0.15, -0.1) is 0 Å². The molecule has 1 fully saturated rings. The van der Waals surface area contributed by atoms with E-state index in [1.165, 1.54) is 6.08 Å². The number of piperidine rings is 1. The van der Waals surface area contributed by atoms with Crippen LogP contribution in [-0.4, -0.2) is 46.1 Å². The second-order valence-corrected chi connectivity index (χ2v) is 9.56. The lowest BCUT2D eigenvalue weighted by Gasteiger charge is -2.37. The van der Waals surface area contributed by atoms with Crippen LogP contribution in [0, 0.1) is 5.92 Å². The summed E-state index contributed by atoms with van der Waals surface area (Å²) in [4.78, 5) is 26.4. The summed E-state index contributed by atoms with van der Waals surface area (Å²) in [5.41, 5.74) is 8.47. The van der Waals surface area contributed by atoms with E-state index in [9.17, 15) is 9.59 Å². The number of carbonyl (C=O) groups is 2. The largest absolute Gasteiger partial charge is 0.457 e. The maximum absolute atomic E-state index is 12.5. The molecule has 1 saturated heterocycles. The molecule has 2 amide bonds. The summed E-state index contributed by atoms with van der Waals surface area (Å²) in [7, 11) is 0. The molecule has 1 atom stereocenters. The number of aromatic nitrogens is 2. The zero-order valence-corrected chi connectivity index (χ0v) is 20.6. The third-order valence-electron chi connectivity index (χ3n) is 6.98. The van der Waals surface area contributed by atoms with Gasteiger partial charge in [-0.1, -0.05) is 18.2 Å². The lowest BCUT2D eigenvalue weighted by atomic mass is 9.78. The Labute approximate surface area is 214 Å². The van der Waals surface area contributed by atoms with Crippen LogP contribution in [0.3, 0.4) is 0 Å². The van der Waals surface area contributed by atoms with Crippen LogP contribution in [0.1, 0.15) is 41.4 Å². The van der Waals surface area contributed by atoms with Gasteiger partial charge in [0.05, 0.1) is 17.1 Å². The predicted octanol–water partition coefficient (Wildman–Crippen LogP) is 4.74. The van der Waals surface area contributed by atoms with Crippen LogP contribution >= 0.6 is 11.6 Å². The van der Waals surface area contributed by atoms with Crippen molar-refractivity contribution in [1.29, 1.82) is 0 Å². The molecule has 5 rings (SSSR count). The van der Waals surface area contributed by atoms with Gasteiger partial charge in [0.15, 0.2) is 5.69 Å². The lowest BCUT2D eigenvalue weighted by molar-refractivity contribution is -0.127. The molecule has 36 heavy (non-hydrogen) atoms. The third kappa shape index (κ3) is 4.68. The zero-order chi connectivity index (χ0) is 25.2. The number of likely N-dealkylation sites (tertiary alicyclic amines) is 1. The molecule has 0 spiro atoms. The van der Waals surface area contributed by atoms with Crippen LogP contribution in [0.5, 0.6) is 11.5 Å². The first-order chi connectivity index (χ1) is 17.4. The highest BCUT2D eigenvalue weighted by Gasteiger charge is 2.36. The van der Waals surface area contributed by atoms with Gasteiger partial charge >= 0.3 is 0 Å². The maximum Gasteiger partial charge on any atom is 0.269 e. The molecule has 8 nitrogen and oxygen atoms in total. The number of anilines is 1. The molecule has 1 unspecified atom stereocenters. The van der Waals surface area contributed by atoms with E-state index in [1.54, 1.807) is 28.9 Å². The number of hydrogen-bond donors (Lipinski definition) is 2. The van der Waals surface area contributed by atoms with Crippen molar-refractivity contribution < 1.29 is 14.3 Å². The number of fused-ring (bicyclic) bond motifs is 1. The summed E-state index contributed by atoms with van der Waals surface area (Å²) in [5, 5.41) is 8.89. The molecule has 2 aliphatic rings. The molecule has 3 N–H and O–H groups in total. The number of nitrogens with one attached hydrogen (secondary N) is 1. The number of benzene rings is 2. The molecule has 1 aromatic heterocycles. The Balaban J connectivity index is 1.40. The van der Waals surface area contributed by atoms with E-state index >= 15 is 0 Å². The highest BCUT2D eigenvalue weighted by molar-refractivity contribution is 6.30. The van der Waals surface area contributed by atoms with Crippen LogP contribution in [0.2, 0.25) is 5.02 Å². The molecule has 0 radical (unpaired) electrons. The summed E-state index contributed by atoms with van der Waals surface area (Å²) in [5.74, 6) is 1.32. The number of halogens is 1. The molecule has 3 heterocycles. The third-order valence-corrected chi connectivity index (χ3v) is 7.23. The van der Waals surface area contributed by atoms with Crippen molar-refractivity contribution in [3.05, 3.63) is 77.6 Å². The number of hydrogen-bond acceptors (Lipinski definition) is 5. The lowest BCUT2D eigenvalue weighted by Crippen LogP contribution is -2.39. The van der Waals surface area contributed by atoms with Crippen molar-refractivity contribution >= 4 is 29.1 Å². The zero-order valence-electron chi connectivity index (χ0n) is 19.8. The summed E-state index contributed by atoms with van der Waals surface area (Å²) in [6.07, 6.45) is 4.06. The second-order valence-electron chi connectivity index (χ2n) is 9.12. The molecular weight excluding hydrogens is 478 g/mol. The fraction of sp³-hybridized carbons (Fsp3) is 0.296. The van der Waals surface area contributed by atoms with Crippen LogP contribution < -0.4 is 15.8 Å². The van der Waals surface area contributed by atoms with Crippen molar-refractivity contribution in [3.8, 4) is 17.2 Å². The van der Waals surface area contributed by atoms with Crippen molar-refractivity contribution in [2.45, 2.75) is 25.2 Å². The standard InChI is InChI=1S/C27H28ClN5O3/c1-2-23(34)32-15-12-17(13-16-32)22-11-14-30-25-24(22)31-33(26(25)27(29)35)19-5-9-21(10-6-19)36-20-7-3-18(28)4-8-20/h2-10,17,22,30H,1,11-16H2,(H2,29,35). The van der Waals surface area contributed by atoms with Crippen LogP contribution in [0.4, 0.5) is 5.69 Å². The van der Waals surface area contributed by atoms with Gasteiger partial charge in [-0.2, -0.15) is 5.10 Å². The average Bonchev–Trinajstić information content (AvgIpc) is 3.30. The van der Waals surface area contributed by atoms with Gasteiger partial charge in [-0.05, 0) is 79.8 Å². The fourth-order valence-corrected chi connectivity index (χ4v) is 5.30. The topological polar surface area (TPSA) is 102 Å². The van der Waals surface area contributed by atoms with E-state index in [2.05, 4.69) is 11.9 Å². The number of primary amides is 1. The molecule has 9 heteroatoms. The molecule has 2 aromatic carbocycles. The normalized spacial score (nSPS) is 17.7. The number of carbonyl (C=O) groups excluding carboxylic acids is 2. The summed E-state index contributed by atoms with van der Waals surface area (Å²) >= 11 is 5.94. The van der Waals surface area contributed by atoms with E-state index in [-0.39, 0.29) is 11.8 Å². The van der Waals surface area contributed by atoms with E-state index in [0.717, 1.165) is 31.5 Å². The highest BCUT2D eigenvalue weighted by Crippen LogP contribution is 2.42. The fourth-order valence-electron chi connectivity index (χ4n) is 5.18. The molecule has 186 valence electrons. The van der Waals surface area contributed by atoms with E-state index in [0.29, 0.717) is 52.6 Å². The molecule has 0 bridgehead atoms. The van der Waals surface area contributed by atoms with Crippen LogP contribution in [0.25, 0.3) is 5.69 Å². The first kappa shape index (κ1) is 23.9. The van der Waals surface area contributed by atoms with Gasteiger partial charge in [0.2, 0.25) is 5.91 Å². The first-order valence-electron chi connectivity index (χ1n) is 12.1. The minimum absolute atomic E-state index is 0.0248. The van der Waals surface area contributed by atoms with Crippen molar-refractivity contribution in [1.82, 2.24) is 14.7 Å². The minimum atomic E-state index is -0.537. The molecule has 2 aliphatic heterocycles. The SMILES string of the molecule is C=CC(=O)N1CCC(C2CCNc3c2nn(-c2ccc(Oc4ccc(Cl)cc4)cc2)c3C(N)=O)CC1. The van der Waals surface area contributed by atoms with Gasteiger partial charge < -0.3 is 20.7 Å². The minimum Gasteiger partial charge on any atom is -0.457 e. The van der Waals surface area contributed by atoms with Crippen LogP contribution in [-0.2, 0) is 4.79 Å². The number of nitrogens with zero attached hydrogens (tertiary/aromatic N) is 3. The summed E-state index contributed by atoms with van der Waals surface area (Å²) in [6.45, 7) is 5.74. The van der Waals surface area contributed by atoms with E-state index in [4.69, 9.17) is 27.2 Å². The number of nitrogens with two attached hydrogens (primary N) is 1. The average molecular weight is 506 g/mol. The van der Waals surface area contributed by atoms with Gasteiger partial charge in [-0.25, -0.2) is 4.68 Å². The summed E-state index contributed by atoms with van der Waals surface area (Å²) in [6, 6.07) is 14.5. The van der Waals surface area contributed by atoms with E-state index in [1.807, 2.05) is 29.2 Å². The Hall–Kier alpha value is -3.78. The van der Waals surface area contributed by atoms with Gasteiger partial charge in [-0.3, -0.25) is 9.59 Å².